The lowest BCUT2D eigenvalue weighted by molar-refractivity contribution is -0.266. The second-order valence-electron chi connectivity index (χ2n) is 21.5. The number of ketones is 3. The van der Waals surface area contributed by atoms with Gasteiger partial charge in [-0.3, -0.25) is 19.2 Å². The molecule has 4 rings (SSSR count). The van der Waals surface area contributed by atoms with Crippen molar-refractivity contribution in [1.29, 1.82) is 0 Å². The molecule has 3 fully saturated rings. The third-order valence-corrected chi connectivity index (χ3v) is 15.6. The molecule has 4 aliphatic rings. The van der Waals surface area contributed by atoms with Crippen molar-refractivity contribution in [3.05, 3.63) is 47.6 Å². The number of cyclic esters (lactones) is 1. The molecule has 3 N–H and O–H groups in total. The first-order valence-electron chi connectivity index (χ1n) is 27.1. The van der Waals surface area contributed by atoms with Crippen molar-refractivity contribution in [3.63, 3.8) is 0 Å². The molecule has 16 heteroatoms. The number of hydrogen-bond acceptors (Lipinski definition) is 15. The molecule has 15 atom stereocenters. The number of aliphatic hydroxyl groups is 3. The largest absolute Gasteiger partial charge is 0.460 e. The van der Waals surface area contributed by atoms with Crippen LogP contribution in [0.4, 0.5) is 0 Å². The number of hydrogen-bond donors (Lipinski definition) is 3. The minimum atomic E-state index is -2.46. The number of carbonyl (C=O) groups is 5. The van der Waals surface area contributed by atoms with Crippen molar-refractivity contribution in [2.45, 2.75) is 193 Å². The molecule has 0 radical (unpaired) electrons. The number of esters is 1. The van der Waals surface area contributed by atoms with Gasteiger partial charge in [0, 0.05) is 84.9 Å². The number of carbonyl (C=O) groups excluding carboxylic acids is 5. The molecule has 16 nitrogen and oxygen atoms in total. The van der Waals surface area contributed by atoms with Crippen LogP contribution in [0.5, 0.6) is 0 Å². The summed E-state index contributed by atoms with van der Waals surface area (Å²) in [6, 6.07) is -1.15. The Morgan fingerprint density at radius 1 is 0.822 bits per heavy atom. The Balaban J connectivity index is 1.71. The topological polar surface area (TPSA) is 214 Å². The van der Waals surface area contributed by atoms with E-state index < -0.39 is 77.8 Å². The Hall–Kier alpha value is -3.45. The van der Waals surface area contributed by atoms with Gasteiger partial charge in [0.25, 0.3) is 11.7 Å². The third-order valence-electron chi connectivity index (χ3n) is 15.6. The number of fused-ring (bicyclic) bond motifs is 3. The molecule has 2 saturated heterocycles. The Morgan fingerprint density at radius 3 is 2.26 bits per heavy atom. The lowest BCUT2D eigenvalue weighted by atomic mass is 9.78. The first-order valence-corrected chi connectivity index (χ1v) is 27.1. The number of piperidine rings is 1. The van der Waals surface area contributed by atoms with Crippen LogP contribution in [0.3, 0.4) is 0 Å². The maximum Gasteiger partial charge on any atom is 0.329 e. The molecule has 0 aromatic heterocycles. The number of methoxy groups -OCH3 is 3. The van der Waals surface area contributed by atoms with Crippen LogP contribution in [-0.4, -0.2) is 158 Å². The Labute approximate surface area is 435 Å². The molecule has 0 aromatic carbocycles. The van der Waals surface area contributed by atoms with E-state index in [1.165, 1.54) is 12.0 Å². The summed E-state index contributed by atoms with van der Waals surface area (Å²) in [6.45, 7) is 14.2. The van der Waals surface area contributed by atoms with Gasteiger partial charge in [-0.1, -0.05) is 71.1 Å². The number of Topliss-reactive ketones (excluding diaryl/α,β-unsaturated/α-hetero) is 3. The van der Waals surface area contributed by atoms with Crippen molar-refractivity contribution in [1.82, 2.24) is 4.90 Å². The molecule has 0 spiro atoms. The highest BCUT2D eigenvalue weighted by atomic mass is 16.6. The highest BCUT2D eigenvalue weighted by Crippen LogP contribution is 2.38. The highest BCUT2D eigenvalue weighted by Gasteiger charge is 2.53. The van der Waals surface area contributed by atoms with Crippen molar-refractivity contribution in [2.24, 2.45) is 35.5 Å². The van der Waals surface area contributed by atoms with Crippen molar-refractivity contribution >= 4 is 29.2 Å². The van der Waals surface area contributed by atoms with Crippen LogP contribution in [0.15, 0.2) is 47.6 Å². The van der Waals surface area contributed by atoms with Crippen LogP contribution >= 0.6 is 0 Å². The summed E-state index contributed by atoms with van der Waals surface area (Å²) in [7, 11) is 4.65. The monoisotopic (exact) mass is 1030 g/mol. The van der Waals surface area contributed by atoms with Gasteiger partial charge in [0.05, 0.1) is 24.4 Å². The van der Waals surface area contributed by atoms with Crippen molar-refractivity contribution in [3.8, 4) is 0 Å². The van der Waals surface area contributed by atoms with Crippen LogP contribution in [0, 0.1) is 35.5 Å². The number of amides is 1. The van der Waals surface area contributed by atoms with E-state index in [0.29, 0.717) is 89.6 Å². The number of allylic oxidation sites excluding steroid dienone is 6. The zero-order chi connectivity index (χ0) is 53.8. The van der Waals surface area contributed by atoms with Crippen LogP contribution in [-0.2, 0) is 57.1 Å². The number of aliphatic hydroxyl groups excluding tert-OH is 2. The van der Waals surface area contributed by atoms with Gasteiger partial charge in [0.1, 0.15) is 30.1 Å². The van der Waals surface area contributed by atoms with E-state index >= 15 is 0 Å². The fourth-order valence-electron chi connectivity index (χ4n) is 10.9. The summed E-state index contributed by atoms with van der Waals surface area (Å²) >= 11 is 0. The molecule has 1 saturated carbocycles. The molecule has 3 heterocycles. The van der Waals surface area contributed by atoms with Crippen molar-refractivity contribution in [2.75, 3.05) is 54.3 Å². The summed E-state index contributed by atoms with van der Waals surface area (Å²) in [5, 5.41) is 33.0. The van der Waals surface area contributed by atoms with E-state index in [9.17, 15) is 39.3 Å². The van der Waals surface area contributed by atoms with E-state index in [-0.39, 0.29) is 67.5 Å². The Bertz CT molecular complexity index is 1900. The Kier molecular flexibility index (Phi) is 26.3. The predicted molar refractivity (Wildman–Crippen MR) is 276 cm³/mol. The van der Waals surface area contributed by atoms with Gasteiger partial charge in [-0.2, -0.15) is 0 Å². The van der Waals surface area contributed by atoms with Crippen LogP contribution in [0.1, 0.15) is 138 Å². The number of ether oxygens (including phenoxy) is 7. The lowest BCUT2D eigenvalue weighted by Crippen LogP contribution is -2.61. The van der Waals surface area contributed by atoms with E-state index in [0.717, 1.165) is 18.4 Å². The maximum absolute atomic E-state index is 14.6. The van der Waals surface area contributed by atoms with Gasteiger partial charge < -0.3 is 53.4 Å². The van der Waals surface area contributed by atoms with E-state index in [4.69, 9.17) is 33.2 Å². The quantitative estimate of drug-likeness (QED) is 0.0692. The van der Waals surface area contributed by atoms with Gasteiger partial charge in [0.15, 0.2) is 5.78 Å². The fourth-order valence-corrected chi connectivity index (χ4v) is 10.9. The first-order chi connectivity index (χ1) is 34.8. The van der Waals surface area contributed by atoms with Gasteiger partial charge in [-0.25, -0.2) is 4.79 Å². The van der Waals surface area contributed by atoms with Crippen LogP contribution in [0.2, 0.25) is 0 Å². The number of nitrogens with zero attached hydrogens (tertiary/aromatic N) is 1. The molecular formula is C57H91NO15. The van der Waals surface area contributed by atoms with Gasteiger partial charge in [-0.15, -0.1) is 0 Å². The van der Waals surface area contributed by atoms with E-state index in [2.05, 4.69) is 0 Å². The number of rotatable bonds is 14. The Morgan fingerprint density at radius 2 is 1.56 bits per heavy atom. The molecule has 2 bridgehead atoms. The average Bonchev–Trinajstić information content (AvgIpc) is 3.37. The highest BCUT2D eigenvalue weighted by molar-refractivity contribution is 6.39. The standard InChI is InChI=1S/C57H91NO15/c1-36-18-12-11-13-19-37(2)48(71-29-17-27-67-8)34-44-23-21-42(7)57(66,73-44)54(63)55(64)58-25-15-14-20-45(58)56(65)72-49(39(4)32-43-22-24-47(50(33-43)68-9)70-28-16-26-59)35-46(60)38(3)31-41(6)52(62)53(69-10)51(61)40(5)30-36/h11-13,18-19,31,36,38-40,42-45,47-50,52-53,59,62,66H,14-17,20-30,32-35H2,1-10H3/b13-11+,18-12+,37-19+,41-31+/t36-,38-,39-,40-,42-,43+,44+,45+,47-,48?,49+,50-,52-,53+,57-/m1/s1. The summed E-state index contributed by atoms with van der Waals surface area (Å²) < 4.78 is 41.8. The second kappa shape index (κ2) is 30.9. The minimum absolute atomic E-state index is 0.00252. The molecule has 3 aliphatic heterocycles. The average molecular weight is 1030 g/mol. The molecular weight excluding hydrogens is 939 g/mol. The fraction of sp³-hybridized carbons (Fsp3) is 0.772. The normalized spacial score (nSPS) is 37.3. The third kappa shape index (κ3) is 18.1. The first kappa shape index (κ1) is 62.1. The van der Waals surface area contributed by atoms with Crippen LogP contribution in [0.25, 0.3) is 0 Å². The summed E-state index contributed by atoms with van der Waals surface area (Å²) in [6.07, 6.45) is 13.2. The molecule has 1 unspecified atom stereocenters. The lowest BCUT2D eigenvalue weighted by Gasteiger charge is -2.43. The molecule has 73 heavy (non-hydrogen) atoms. The smallest absolute Gasteiger partial charge is 0.329 e. The second-order valence-corrected chi connectivity index (χ2v) is 21.5. The summed E-state index contributed by atoms with van der Waals surface area (Å²) in [5.74, 6) is -8.03. The van der Waals surface area contributed by atoms with Crippen LogP contribution < -0.4 is 0 Å². The van der Waals surface area contributed by atoms with Crippen molar-refractivity contribution < 1.29 is 72.5 Å². The zero-order valence-electron chi connectivity index (χ0n) is 45.7. The maximum atomic E-state index is 14.6. The molecule has 0 aromatic rings. The molecule has 414 valence electrons. The SMILES string of the molecule is COCCCOC1C[C@@H]2CC[C@@H](C)[C@@](O)(O2)C(=O)C(=O)N2CCCC[C@H]2C(=O)O[C@H]([C@H](C)C[C@@H]2CC[C@@H](OCCCO)[C@H](OC)C2)CC(=O)[C@H](C)/C=C(\C)[C@@H](O)[C@@H](OC)C(=O)[C@H](C)C[C@H](C)/C=C/C=C/C=C/1C. The molecule has 1 aliphatic carbocycles. The van der Waals surface area contributed by atoms with E-state index in [1.807, 2.05) is 58.1 Å². The van der Waals surface area contributed by atoms with E-state index in [1.54, 1.807) is 41.1 Å². The van der Waals surface area contributed by atoms with Gasteiger partial charge in [0.2, 0.25) is 5.79 Å². The minimum Gasteiger partial charge on any atom is -0.460 e. The zero-order valence-corrected chi connectivity index (χ0v) is 45.7. The summed E-state index contributed by atoms with van der Waals surface area (Å²) in [4.78, 5) is 72.8. The summed E-state index contributed by atoms with van der Waals surface area (Å²) in [5.41, 5.74) is 1.27. The van der Waals surface area contributed by atoms with Gasteiger partial charge in [-0.05, 0) is 120 Å². The van der Waals surface area contributed by atoms with Gasteiger partial charge >= 0.3 is 5.97 Å². The predicted octanol–water partition coefficient (Wildman–Crippen LogP) is 6.99. The molecule has 1 amide bonds.